The van der Waals surface area contributed by atoms with Gasteiger partial charge in [0.15, 0.2) is 0 Å². The molecule has 2 aromatic heterocycles. The highest BCUT2D eigenvalue weighted by atomic mass is 16.4. The number of likely N-dealkylation sites (tertiary alicyclic amines) is 1. The third kappa shape index (κ3) is 3.43. The van der Waals surface area contributed by atoms with Crippen molar-refractivity contribution >= 4 is 22.9 Å². The Morgan fingerprint density at radius 3 is 2.38 bits per heavy atom. The number of para-hydroxylation sites is 2. The van der Waals surface area contributed by atoms with Gasteiger partial charge in [-0.15, -0.1) is 0 Å². The molecule has 3 aromatic rings. The van der Waals surface area contributed by atoms with Gasteiger partial charge in [-0.1, -0.05) is 12.1 Å². The Kier molecular flexibility index (Phi) is 4.96. The molecule has 0 spiro atoms. The Balaban J connectivity index is 1.46. The van der Waals surface area contributed by atoms with Crippen molar-refractivity contribution in [1.29, 1.82) is 0 Å². The Morgan fingerprint density at radius 2 is 1.79 bits per heavy atom. The molecule has 1 fully saturated rings. The second-order valence-corrected chi connectivity index (χ2v) is 7.23. The van der Waals surface area contributed by atoms with Crippen molar-refractivity contribution in [3.05, 3.63) is 52.7 Å². The van der Waals surface area contributed by atoms with Crippen molar-refractivity contribution in [2.24, 2.45) is 0 Å². The van der Waals surface area contributed by atoms with Crippen LogP contribution < -0.4 is 5.69 Å². The van der Waals surface area contributed by atoms with Crippen molar-refractivity contribution in [3.8, 4) is 0 Å². The number of carbonyl (C=O) groups excluding carboxylic acids is 1. The van der Waals surface area contributed by atoms with Gasteiger partial charge >= 0.3 is 11.7 Å². The highest BCUT2D eigenvalue weighted by Gasteiger charge is 2.26. The number of aryl methyl sites for hydroxylation is 1. The van der Waals surface area contributed by atoms with Gasteiger partial charge in [0.1, 0.15) is 6.54 Å². The summed E-state index contributed by atoms with van der Waals surface area (Å²) in [6.45, 7) is 3.58. The van der Waals surface area contributed by atoms with Crippen molar-refractivity contribution < 1.29 is 14.7 Å². The van der Waals surface area contributed by atoms with Crippen molar-refractivity contribution in [1.82, 2.24) is 23.8 Å². The van der Waals surface area contributed by atoms with E-state index in [1.165, 1.54) is 12.4 Å². The first-order valence-corrected chi connectivity index (χ1v) is 9.73. The summed E-state index contributed by atoms with van der Waals surface area (Å²) in [6.07, 6.45) is 4.26. The highest BCUT2D eigenvalue weighted by Crippen LogP contribution is 2.23. The standard InChI is InChI=1S/C20H23N5O4/c1-2-23-16-5-3-4-6-17(16)24(20(23)29)13-18(26)22-9-7-15(8-10-22)25-12-14(11-21-25)19(27)28/h3-6,11-12,15H,2,7-10,13H2,1H3,(H,27,28). The lowest BCUT2D eigenvalue weighted by Gasteiger charge is -2.32. The van der Waals surface area contributed by atoms with Crippen LogP contribution in [0.5, 0.6) is 0 Å². The second-order valence-electron chi connectivity index (χ2n) is 7.23. The zero-order valence-electron chi connectivity index (χ0n) is 16.2. The van der Waals surface area contributed by atoms with Gasteiger partial charge < -0.3 is 10.0 Å². The highest BCUT2D eigenvalue weighted by molar-refractivity contribution is 5.86. The maximum atomic E-state index is 12.9. The SMILES string of the molecule is CCn1c(=O)n(CC(=O)N2CCC(n3cc(C(=O)O)cn3)CC2)c2ccccc21. The minimum Gasteiger partial charge on any atom is -0.478 e. The van der Waals surface area contributed by atoms with E-state index in [9.17, 15) is 14.4 Å². The summed E-state index contributed by atoms with van der Waals surface area (Å²) >= 11 is 0. The number of carboxylic acid groups (broad SMARTS) is 1. The van der Waals surface area contributed by atoms with E-state index in [-0.39, 0.29) is 29.7 Å². The maximum Gasteiger partial charge on any atom is 0.338 e. The van der Waals surface area contributed by atoms with Crippen LogP contribution in [0.3, 0.4) is 0 Å². The Morgan fingerprint density at radius 1 is 1.14 bits per heavy atom. The summed E-state index contributed by atoms with van der Waals surface area (Å²) in [5.41, 5.74) is 1.59. The van der Waals surface area contributed by atoms with Gasteiger partial charge in [-0.05, 0) is 31.9 Å². The first-order valence-electron chi connectivity index (χ1n) is 9.73. The number of piperidine rings is 1. The van der Waals surface area contributed by atoms with E-state index in [0.29, 0.717) is 32.5 Å². The van der Waals surface area contributed by atoms with E-state index in [1.54, 1.807) is 18.7 Å². The van der Waals surface area contributed by atoms with Crippen molar-refractivity contribution in [2.45, 2.75) is 38.9 Å². The van der Waals surface area contributed by atoms with E-state index >= 15 is 0 Å². The topological polar surface area (TPSA) is 102 Å². The molecule has 1 aliphatic heterocycles. The van der Waals surface area contributed by atoms with E-state index in [1.807, 2.05) is 31.2 Å². The van der Waals surface area contributed by atoms with Crippen LogP contribution in [-0.2, 0) is 17.9 Å². The van der Waals surface area contributed by atoms with Gasteiger partial charge in [-0.25, -0.2) is 9.59 Å². The van der Waals surface area contributed by atoms with E-state index in [0.717, 1.165) is 11.0 Å². The predicted octanol–water partition coefficient (Wildman–Crippen LogP) is 1.58. The molecule has 1 aliphatic rings. The van der Waals surface area contributed by atoms with Crippen LogP contribution >= 0.6 is 0 Å². The monoisotopic (exact) mass is 397 g/mol. The van der Waals surface area contributed by atoms with Crippen LogP contribution in [0.2, 0.25) is 0 Å². The number of hydrogen-bond acceptors (Lipinski definition) is 4. The molecule has 3 heterocycles. The number of rotatable bonds is 5. The molecule has 0 aliphatic carbocycles. The fraction of sp³-hybridized carbons (Fsp3) is 0.400. The molecular weight excluding hydrogens is 374 g/mol. The lowest BCUT2D eigenvalue weighted by atomic mass is 10.1. The van der Waals surface area contributed by atoms with Crippen LogP contribution in [0.15, 0.2) is 41.5 Å². The molecule has 0 radical (unpaired) electrons. The molecule has 4 rings (SSSR count). The average Bonchev–Trinajstić information content (AvgIpc) is 3.32. The summed E-state index contributed by atoms with van der Waals surface area (Å²) < 4.78 is 4.89. The summed E-state index contributed by atoms with van der Waals surface area (Å²) in [5, 5.41) is 13.2. The zero-order valence-corrected chi connectivity index (χ0v) is 16.2. The predicted molar refractivity (Wildman–Crippen MR) is 106 cm³/mol. The number of amides is 1. The molecule has 1 N–H and O–H groups in total. The normalized spacial score (nSPS) is 15.1. The molecule has 1 saturated heterocycles. The second kappa shape index (κ2) is 7.57. The molecule has 29 heavy (non-hydrogen) atoms. The van der Waals surface area contributed by atoms with Crippen molar-refractivity contribution in [2.75, 3.05) is 13.1 Å². The molecule has 1 amide bonds. The number of benzene rings is 1. The molecule has 0 saturated carbocycles. The fourth-order valence-electron chi connectivity index (χ4n) is 3.99. The van der Waals surface area contributed by atoms with Gasteiger partial charge in [0.2, 0.25) is 5.91 Å². The number of carboxylic acids is 1. The van der Waals surface area contributed by atoms with Crippen LogP contribution in [-0.4, -0.2) is 53.9 Å². The lowest BCUT2D eigenvalue weighted by molar-refractivity contribution is -0.133. The number of nitrogens with zero attached hydrogens (tertiary/aromatic N) is 5. The van der Waals surface area contributed by atoms with Gasteiger partial charge in [0, 0.05) is 25.8 Å². The average molecular weight is 397 g/mol. The Labute approximate surface area is 166 Å². The Bertz CT molecular complexity index is 1120. The van der Waals surface area contributed by atoms with Gasteiger partial charge in [-0.3, -0.25) is 18.6 Å². The van der Waals surface area contributed by atoms with E-state index in [4.69, 9.17) is 5.11 Å². The summed E-state index contributed by atoms with van der Waals surface area (Å²) in [7, 11) is 0. The van der Waals surface area contributed by atoms with Crippen LogP contribution in [0.4, 0.5) is 0 Å². The van der Waals surface area contributed by atoms with Crippen LogP contribution in [0.25, 0.3) is 11.0 Å². The first-order chi connectivity index (χ1) is 14.0. The third-order valence-corrected chi connectivity index (χ3v) is 5.57. The molecule has 9 heteroatoms. The maximum absolute atomic E-state index is 12.9. The lowest BCUT2D eigenvalue weighted by Crippen LogP contribution is -2.42. The molecule has 0 unspecified atom stereocenters. The summed E-state index contributed by atoms with van der Waals surface area (Å²) in [5.74, 6) is -1.09. The molecular formula is C20H23N5O4. The van der Waals surface area contributed by atoms with Gasteiger partial charge in [0.05, 0.1) is 28.8 Å². The largest absolute Gasteiger partial charge is 0.478 e. The number of imidazole rings is 1. The number of fused-ring (bicyclic) bond motifs is 1. The van der Waals surface area contributed by atoms with Crippen molar-refractivity contribution in [3.63, 3.8) is 0 Å². The molecule has 9 nitrogen and oxygen atoms in total. The number of aromatic carboxylic acids is 1. The molecule has 152 valence electrons. The number of carbonyl (C=O) groups is 2. The first kappa shape index (κ1) is 19.0. The third-order valence-electron chi connectivity index (χ3n) is 5.57. The minimum atomic E-state index is -0.999. The molecule has 0 atom stereocenters. The Hall–Kier alpha value is -3.36. The molecule has 0 bridgehead atoms. The van der Waals surface area contributed by atoms with Crippen LogP contribution in [0, 0.1) is 0 Å². The van der Waals surface area contributed by atoms with Gasteiger partial charge in [-0.2, -0.15) is 5.10 Å². The smallest absolute Gasteiger partial charge is 0.338 e. The van der Waals surface area contributed by atoms with Crippen LogP contribution in [0.1, 0.15) is 36.2 Å². The van der Waals surface area contributed by atoms with E-state index < -0.39 is 5.97 Å². The number of hydrogen-bond donors (Lipinski definition) is 1. The summed E-state index contributed by atoms with van der Waals surface area (Å²) in [6, 6.07) is 7.57. The number of aromatic nitrogens is 4. The zero-order chi connectivity index (χ0) is 20.5. The summed E-state index contributed by atoms with van der Waals surface area (Å²) in [4.78, 5) is 38.4. The molecule has 1 aromatic carbocycles. The minimum absolute atomic E-state index is 0.0158. The fourth-order valence-corrected chi connectivity index (χ4v) is 3.99. The van der Waals surface area contributed by atoms with Gasteiger partial charge in [0.25, 0.3) is 0 Å². The van der Waals surface area contributed by atoms with E-state index in [2.05, 4.69) is 5.10 Å². The quantitative estimate of drug-likeness (QED) is 0.704.